The van der Waals surface area contributed by atoms with Gasteiger partial charge in [-0.25, -0.2) is 13.8 Å². The van der Waals surface area contributed by atoms with Crippen molar-refractivity contribution in [1.29, 1.82) is 0 Å². The van der Waals surface area contributed by atoms with E-state index in [1.54, 1.807) is 17.0 Å². The third kappa shape index (κ3) is 2.61. The number of benzene rings is 1. The van der Waals surface area contributed by atoms with E-state index < -0.39 is 11.6 Å². The molecule has 0 aliphatic heterocycles. The Balaban J connectivity index is 2.02. The maximum absolute atomic E-state index is 14.0. The summed E-state index contributed by atoms with van der Waals surface area (Å²) in [7, 11) is 0. The van der Waals surface area contributed by atoms with Gasteiger partial charge in [0.15, 0.2) is 11.6 Å². The van der Waals surface area contributed by atoms with E-state index in [9.17, 15) is 8.78 Å². The second-order valence-corrected chi connectivity index (χ2v) is 4.92. The van der Waals surface area contributed by atoms with Gasteiger partial charge in [0.2, 0.25) is 0 Å². The summed E-state index contributed by atoms with van der Waals surface area (Å²) in [6, 6.07) is 6.31. The van der Waals surface area contributed by atoms with E-state index in [1.165, 1.54) is 6.07 Å². The average molecular weight is 308 g/mol. The Kier molecular flexibility index (Phi) is 3.84. The van der Waals surface area contributed by atoms with Gasteiger partial charge in [-0.1, -0.05) is 0 Å². The summed E-state index contributed by atoms with van der Waals surface area (Å²) in [5.74, 6) is -1.09. The molecule has 0 N–H and O–H groups in total. The lowest BCUT2D eigenvalue weighted by atomic mass is 10.2. The van der Waals surface area contributed by atoms with Crippen LogP contribution >= 0.6 is 11.6 Å². The standard InChI is InChI=1S/C15H12ClF2N3/c16-9-13-20-12-2-1-11(17)14(18)15(12)21(13)8-5-10-3-6-19-7-4-10/h1-4,6-7H,5,8-9H2. The van der Waals surface area contributed by atoms with Gasteiger partial charge in [-0.05, 0) is 36.2 Å². The van der Waals surface area contributed by atoms with E-state index in [1.807, 2.05) is 12.1 Å². The third-order valence-electron chi connectivity index (χ3n) is 3.37. The molecule has 0 amide bonds. The number of nitrogens with zero attached hydrogens (tertiary/aromatic N) is 3. The first kappa shape index (κ1) is 13.9. The Morgan fingerprint density at radius 3 is 2.57 bits per heavy atom. The smallest absolute Gasteiger partial charge is 0.184 e. The molecule has 0 aliphatic rings. The van der Waals surface area contributed by atoms with Crippen LogP contribution in [0.5, 0.6) is 0 Å². The molecule has 0 radical (unpaired) electrons. The summed E-state index contributed by atoms with van der Waals surface area (Å²) in [5, 5.41) is 0. The van der Waals surface area contributed by atoms with Crippen LogP contribution in [0.15, 0.2) is 36.7 Å². The zero-order chi connectivity index (χ0) is 14.8. The monoisotopic (exact) mass is 307 g/mol. The molecule has 0 aliphatic carbocycles. The maximum Gasteiger partial charge on any atom is 0.184 e. The van der Waals surface area contributed by atoms with Gasteiger partial charge < -0.3 is 4.57 Å². The van der Waals surface area contributed by atoms with E-state index in [-0.39, 0.29) is 11.4 Å². The van der Waals surface area contributed by atoms with Crippen molar-refractivity contribution in [3.05, 3.63) is 59.7 Å². The molecule has 2 heterocycles. The van der Waals surface area contributed by atoms with E-state index in [4.69, 9.17) is 11.6 Å². The highest BCUT2D eigenvalue weighted by Gasteiger charge is 2.16. The molecule has 108 valence electrons. The van der Waals surface area contributed by atoms with Gasteiger partial charge in [0.05, 0.1) is 11.4 Å². The molecule has 0 spiro atoms. The maximum atomic E-state index is 14.0. The van der Waals surface area contributed by atoms with Crippen molar-refractivity contribution >= 4 is 22.6 Å². The van der Waals surface area contributed by atoms with Crippen molar-refractivity contribution in [1.82, 2.24) is 14.5 Å². The highest BCUT2D eigenvalue weighted by molar-refractivity contribution is 6.16. The first-order valence-corrected chi connectivity index (χ1v) is 7.02. The van der Waals surface area contributed by atoms with E-state index in [2.05, 4.69) is 9.97 Å². The lowest BCUT2D eigenvalue weighted by Gasteiger charge is -2.08. The summed E-state index contributed by atoms with van der Waals surface area (Å²) >= 11 is 5.87. The average Bonchev–Trinajstić information content (AvgIpc) is 2.88. The first-order valence-electron chi connectivity index (χ1n) is 6.48. The summed E-state index contributed by atoms with van der Waals surface area (Å²) in [6.45, 7) is 0.475. The van der Waals surface area contributed by atoms with Crippen LogP contribution in [0.1, 0.15) is 11.4 Å². The first-order chi connectivity index (χ1) is 10.2. The molecule has 0 bridgehead atoms. The molecule has 6 heteroatoms. The zero-order valence-corrected chi connectivity index (χ0v) is 11.8. The van der Waals surface area contributed by atoms with Crippen molar-refractivity contribution < 1.29 is 8.78 Å². The number of halogens is 3. The van der Waals surface area contributed by atoms with E-state index >= 15 is 0 Å². The Bertz CT molecular complexity index is 771. The predicted molar refractivity (Wildman–Crippen MR) is 77.1 cm³/mol. The number of rotatable bonds is 4. The second kappa shape index (κ2) is 5.77. The normalized spacial score (nSPS) is 11.2. The molecule has 2 aromatic heterocycles. The minimum atomic E-state index is -0.883. The minimum absolute atomic E-state index is 0.145. The van der Waals surface area contributed by atoms with Gasteiger partial charge in [-0.3, -0.25) is 4.98 Å². The number of hydrogen-bond donors (Lipinski definition) is 0. The summed E-state index contributed by atoms with van der Waals surface area (Å²) < 4.78 is 29.1. The fourth-order valence-electron chi connectivity index (χ4n) is 2.34. The van der Waals surface area contributed by atoms with E-state index in [0.717, 1.165) is 11.6 Å². The van der Waals surface area contributed by atoms with Gasteiger partial charge in [0.1, 0.15) is 11.3 Å². The summed E-state index contributed by atoms with van der Waals surface area (Å²) in [5.41, 5.74) is 1.64. The number of aryl methyl sites for hydroxylation is 2. The Labute approximate surface area is 125 Å². The van der Waals surface area contributed by atoms with Gasteiger partial charge in [-0.15, -0.1) is 11.6 Å². The molecule has 0 saturated carbocycles. The molecular formula is C15H12ClF2N3. The highest BCUT2D eigenvalue weighted by atomic mass is 35.5. The number of alkyl halides is 1. The van der Waals surface area contributed by atoms with Crippen molar-refractivity contribution in [2.75, 3.05) is 0 Å². The quantitative estimate of drug-likeness (QED) is 0.688. The largest absolute Gasteiger partial charge is 0.324 e. The summed E-state index contributed by atoms with van der Waals surface area (Å²) in [6.07, 6.45) is 4.06. The van der Waals surface area contributed by atoms with Gasteiger partial charge in [0.25, 0.3) is 0 Å². The van der Waals surface area contributed by atoms with Crippen LogP contribution in [0.3, 0.4) is 0 Å². The molecule has 0 atom stereocenters. The molecule has 0 saturated heterocycles. The number of imidazole rings is 1. The lowest BCUT2D eigenvalue weighted by molar-refractivity contribution is 0.510. The van der Waals surface area contributed by atoms with Crippen molar-refractivity contribution in [3.8, 4) is 0 Å². The molecule has 0 fully saturated rings. The molecule has 21 heavy (non-hydrogen) atoms. The third-order valence-corrected chi connectivity index (χ3v) is 3.61. The SMILES string of the molecule is Fc1ccc2nc(CCl)n(CCc3ccncc3)c2c1F. The number of aromatic nitrogens is 3. The molecule has 0 unspecified atom stereocenters. The fraction of sp³-hybridized carbons (Fsp3) is 0.200. The Morgan fingerprint density at radius 1 is 1.10 bits per heavy atom. The number of hydrogen-bond acceptors (Lipinski definition) is 2. The van der Waals surface area contributed by atoms with Crippen LogP contribution in [0, 0.1) is 11.6 Å². The highest BCUT2D eigenvalue weighted by Crippen LogP contribution is 2.23. The van der Waals surface area contributed by atoms with Crippen molar-refractivity contribution in [2.45, 2.75) is 18.8 Å². The van der Waals surface area contributed by atoms with Gasteiger partial charge in [-0.2, -0.15) is 0 Å². The molecule has 1 aromatic carbocycles. The topological polar surface area (TPSA) is 30.7 Å². The predicted octanol–water partition coefficient (Wildman–Crippen LogP) is 3.69. The zero-order valence-electron chi connectivity index (χ0n) is 11.1. The number of pyridine rings is 1. The van der Waals surface area contributed by atoms with E-state index in [0.29, 0.717) is 24.3 Å². The summed E-state index contributed by atoms with van der Waals surface area (Å²) in [4.78, 5) is 8.21. The van der Waals surface area contributed by atoms with Crippen LogP contribution in [0.4, 0.5) is 8.78 Å². The lowest BCUT2D eigenvalue weighted by Crippen LogP contribution is -2.06. The fourth-order valence-corrected chi connectivity index (χ4v) is 2.54. The Morgan fingerprint density at radius 2 is 1.86 bits per heavy atom. The molecule has 3 aromatic rings. The van der Waals surface area contributed by atoms with Crippen LogP contribution < -0.4 is 0 Å². The second-order valence-electron chi connectivity index (χ2n) is 4.65. The molecule has 3 rings (SSSR count). The molecule has 3 nitrogen and oxygen atoms in total. The van der Waals surface area contributed by atoms with Crippen LogP contribution in [-0.4, -0.2) is 14.5 Å². The minimum Gasteiger partial charge on any atom is -0.324 e. The van der Waals surface area contributed by atoms with Crippen LogP contribution in [-0.2, 0) is 18.8 Å². The number of fused-ring (bicyclic) bond motifs is 1. The molecular weight excluding hydrogens is 296 g/mol. The van der Waals surface area contributed by atoms with Crippen molar-refractivity contribution in [2.24, 2.45) is 0 Å². The Hall–Kier alpha value is -2.01. The van der Waals surface area contributed by atoms with Gasteiger partial charge >= 0.3 is 0 Å². The van der Waals surface area contributed by atoms with Crippen LogP contribution in [0.2, 0.25) is 0 Å². The van der Waals surface area contributed by atoms with Crippen LogP contribution in [0.25, 0.3) is 11.0 Å². The van der Waals surface area contributed by atoms with Crippen molar-refractivity contribution in [3.63, 3.8) is 0 Å². The van der Waals surface area contributed by atoms with Gasteiger partial charge in [0, 0.05) is 18.9 Å².